The first kappa shape index (κ1) is 16.4. The van der Waals surface area contributed by atoms with Gasteiger partial charge in [0.05, 0.1) is 0 Å². The molecule has 0 aliphatic carbocycles. The maximum absolute atomic E-state index is 12.9. The number of piperazine rings is 1. The van der Waals surface area contributed by atoms with Crippen molar-refractivity contribution in [1.82, 2.24) is 19.8 Å². The molecule has 1 aliphatic heterocycles. The van der Waals surface area contributed by atoms with Crippen LogP contribution in [-0.4, -0.2) is 73.0 Å². The van der Waals surface area contributed by atoms with Gasteiger partial charge in [-0.25, -0.2) is 9.97 Å². The second-order valence-electron chi connectivity index (χ2n) is 6.29. The average Bonchev–Trinajstić information content (AvgIpc) is 2.62. The van der Waals surface area contributed by atoms with Gasteiger partial charge in [0.2, 0.25) is 0 Å². The van der Waals surface area contributed by atoms with Crippen LogP contribution in [0.1, 0.15) is 10.4 Å². The van der Waals surface area contributed by atoms with Gasteiger partial charge in [-0.3, -0.25) is 4.79 Å². The smallest absolute Gasteiger partial charge is 0.259 e. The Kier molecular flexibility index (Phi) is 4.76. The van der Waals surface area contributed by atoms with Gasteiger partial charge >= 0.3 is 0 Å². The van der Waals surface area contributed by atoms with E-state index in [0.29, 0.717) is 17.2 Å². The molecule has 1 aromatic heterocycles. The van der Waals surface area contributed by atoms with Crippen molar-refractivity contribution in [1.29, 1.82) is 0 Å². The van der Waals surface area contributed by atoms with Crippen LogP contribution in [0.4, 0.5) is 5.82 Å². The van der Waals surface area contributed by atoms with E-state index in [1.807, 2.05) is 54.2 Å². The van der Waals surface area contributed by atoms with Crippen LogP contribution < -0.4 is 4.90 Å². The maximum atomic E-state index is 12.9. The Hall–Kier alpha value is -2.47. The van der Waals surface area contributed by atoms with E-state index in [2.05, 4.69) is 21.9 Å². The largest absolute Gasteiger partial charge is 0.362 e. The number of carbonyl (C=O) groups excluding carboxylic acids is 1. The molecule has 0 bridgehead atoms. The molecular formula is C18H23N5O. The number of anilines is 1. The number of likely N-dealkylation sites (N-methyl/N-ethyl adjacent to an activating group) is 1. The van der Waals surface area contributed by atoms with Gasteiger partial charge in [0.15, 0.2) is 5.82 Å². The van der Waals surface area contributed by atoms with Crippen molar-refractivity contribution in [3.63, 3.8) is 0 Å². The second kappa shape index (κ2) is 6.97. The maximum Gasteiger partial charge on any atom is 0.259 e. The molecular weight excluding hydrogens is 302 g/mol. The zero-order valence-corrected chi connectivity index (χ0v) is 14.4. The standard InChI is InChI=1S/C18H23N5O/c1-21(2)17-15(18(24)23-11-9-22(3)10-12-23)13-19-16(20-17)14-7-5-4-6-8-14/h4-8,13H,9-12H2,1-3H3. The molecule has 0 atom stereocenters. The number of rotatable bonds is 3. The van der Waals surface area contributed by atoms with E-state index >= 15 is 0 Å². The van der Waals surface area contributed by atoms with Crippen molar-refractivity contribution in [2.45, 2.75) is 0 Å². The van der Waals surface area contributed by atoms with Crippen molar-refractivity contribution in [2.24, 2.45) is 0 Å². The Bertz CT molecular complexity index is 709. The molecule has 1 amide bonds. The lowest BCUT2D eigenvalue weighted by atomic mass is 10.2. The number of carbonyl (C=O) groups is 1. The molecule has 24 heavy (non-hydrogen) atoms. The third kappa shape index (κ3) is 3.38. The van der Waals surface area contributed by atoms with Crippen LogP contribution in [0.5, 0.6) is 0 Å². The number of nitrogens with zero attached hydrogens (tertiary/aromatic N) is 5. The van der Waals surface area contributed by atoms with Crippen LogP contribution in [0.2, 0.25) is 0 Å². The summed E-state index contributed by atoms with van der Waals surface area (Å²) in [6.07, 6.45) is 1.66. The molecule has 3 rings (SSSR count). The molecule has 0 radical (unpaired) electrons. The Balaban J connectivity index is 1.92. The van der Waals surface area contributed by atoms with E-state index in [1.54, 1.807) is 6.20 Å². The minimum Gasteiger partial charge on any atom is -0.362 e. The Morgan fingerprint density at radius 1 is 1.08 bits per heavy atom. The normalized spacial score (nSPS) is 15.4. The first-order valence-electron chi connectivity index (χ1n) is 8.14. The van der Waals surface area contributed by atoms with Gasteiger partial charge in [-0.1, -0.05) is 30.3 Å². The Labute approximate surface area is 142 Å². The summed E-state index contributed by atoms with van der Waals surface area (Å²) in [5.41, 5.74) is 1.50. The number of aromatic nitrogens is 2. The van der Waals surface area contributed by atoms with Gasteiger partial charge in [-0.05, 0) is 7.05 Å². The highest BCUT2D eigenvalue weighted by Crippen LogP contribution is 2.22. The van der Waals surface area contributed by atoms with Gasteiger partial charge in [-0.15, -0.1) is 0 Å². The molecule has 2 aromatic rings. The summed E-state index contributed by atoms with van der Waals surface area (Å²) in [4.78, 5) is 27.9. The molecule has 0 saturated carbocycles. The van der Waals surface area contributed by atoms with Crippen LogP contribution in [0.3, 0.4) is 0 Å². The van der Waals surface area contributed by atoms with Crippen molar-refractivity contribution in [3.05, 3.63) is 42.1 Å². The third-order valence-electron chi connectivity index (χ3n) is 4.25. The van der Waals surface area contributed by atoms with Crippen LogP contribution in [0, 0.1) is 0 Å². The summed E-state index contributed by atoms with van der Waals surface area (Å²) >= 11 is 0. The predicted molar refractivity (Wildman–Crippen MR) is 95.2 cm³/mol. The van der Waals surface area contributed by atoms with Crippen molar-refractivity contribution < 1.29 is 4.79 Å². The van der Waals surface area contributed by atoms with E-state index in [1.165, 1.54) is 0 Å². The van der Waals surface area contributed by atoms with Gasteiger partial charge in [-0.2, -0.15) is 0 Å². The Morgan fingerprint density at radius 3 is 2.38 bits per heavy atom. The summed E-state index contributed by atoms with van der Waals surface area (Å²) in [5, 5.41) is 0. The lowest BCUT2D eigenvalue weighted by molar-refractivity contribution is 0.0664. The summed E-state index contributed by atoms with van der Waals surface area (Å²) in [6, 6.07) is 9.81. The highest BCUT2D eigenvalue weighted by Gasteiger charge is 2.24. The van der Waals surface area contributed by atoms with Crippen LogP contribution in [0.15, 0.2) is 36.5 Å². The highest BCUT2D eigenvalue weighted by atomic mass is 16.2. The fraction of sp³-hybridized carbons (Fsp3) is 0.389. The lowest BCUT2D eigenvalue weighted by Crippen LogP contribution is -2.47. The molecule has 1 saturated heterocycles. The third-order valence-corrected chi connectivity index (χ3v) is 4.25. The summed E-state index contributed by atoms with van der Waals surface area (Å²) in [5.74, 6) is 1.30. The van der Waals surface area contributed by atoms with E-state index in [0.717, 1.165) is 31.7 Å². The first-order chi connectivity index (χ1) is 11.6. The lowest BCUT2D eigenvalue weighted by Gasteiger charge is -2.33. The van der Waals surface area contributed by atoms with Gasteiger partial charge in [0.25, 0.3) is 5.91 Å². The van der Waals surface area contributed by atoms with Gasteiger partial charge in [0.1, 0.15) is 11.4 Å². The number of hydrogen-bond donors (Lipinski definition) is 0. The highest BCUT2D eigenvalue weighted by molar-refractivity contribution is 5.99. The average molecular weight is 325 g/mol. The molecule has 1 aromatic carbocycles. The molecule has 126 valence electrons. The minimum absolute atomic E-state index is 0.00594. The van der Waals surface area contributed by atoms with Crippen LogP contribution >= 0.6 is 0 Å². The van der Waals surface area contributed by atoms with Crippen molar-refractivity contribution in [3.8, 4) is 11.4 Å². The number of benzene rings is 1. The van der Waals surface area contributed by atoms with Crippen molar-refractivity contribution in [2.75, 3.05) is 52.2 Å². The fourth-order valence-corrected chi connectivity index (χ4v) is 2.77. The molecule has 2 heterocycles. The van der Waals surface area contributed by atoms with Crippen LogP contribution in [-0.2, 0) is 0 Å². The topological polar surface area (TPSA) is 52.6 Å². The molecule has 6 heteroatoms. The van der Waals surface area contributed by atoms with E-state index in [4.69, 9.17) is 0 Å². The quantitative estimate of drug-likeness (QED) is 0.858. The molecule has 1 aliphatic rings. The van der Waals surface area contributed by atoms with E-state index in [-0.39, 0.29) is 5.91 Å². The molecule has 1 fully saturated rings. The monoisotopic (exact) mass is 325 g/mol. The fourth-order valence-electron chi connectivity index (χ4n) is 2.77. The zero-order valence-electron chi connectivity index (χ0n) is 14.4. The molecule has 0 unspecified atom stereocenters. The molecule has 6 nitrogen and oxygen atoms in total. The molecule has 0 N–H and O–H groups in total. The summed E-state index contributed by atoms with van der Waals surface area (Å²) in [7, 11) is 5.88. The second-order valence-corrected chi connectivity index (χ2v) is 6.29. The predicted octanol–water partition coefficient (Wildman–Crippen LogP) is 1.60. The van der Waals surface area contributed by atoms with E-state index in [9.17, 15) is 4.79 Å². The number of hydrogen-bond acceptors (Lipinski definition) is 5. The Morgan fingerprint density at radius 2 is 1.75 bits per heavy atom. The van der Waals surface area contributed by atoms with Gasteiger partial charge in [0, 0.05) is 52.0 Å². The van der Waals surface area contributed by atoms with E-state index < -0.39 is 0 Å². The van der Waals surface area contributed by atoms with Crippen LogP contribution in [0.25, 0.3) is 11.4 Å². The first-order valence-corrected chi connectivity index (χ1v) is 8.14. The van der Waals surface area contributed by atoms with Crippen molar-refractivity contribution >= 4 is 11.7 Å². The summed E-state index contributed by atoms with van der Waals surface area (Å²) in [6.45, 7) is 3.27. The SMILES string of the molecule is CN1CCN(C(=O)c2cnc(-c3ccccc3)nc2N(C)C)CC1. The molecule has 0 spiro atoms. The van der Waals surface area contributed by atoms with Gasteiger partial charge < -0.3 is 14.7 Å². The minimum atomic E-state index is 0.00594. The zero-order chi connectivity index (χ0) is 17.1. The summed E-state index contributed by atoms with van der Waals surface area (Å²) < 4.78 is 0. The number of amides is 1.